The monoisotopic (exact) mass is 288 g/mol. The number of benzene rings is 1. The molecule has 2 rings (SSSR count). The number of hydrogen-bond donors (Lipinski definition) is 2. The van der Waals surface area contributed by atoms with Gasteiger partial charge in [0.05, 0.1) is 5.52 Å². The quantitative estimate of drug-likeness (QED) is 0.734. The van der Waals surface area contributed by atoms with Crippen molar-refractivity contribution in [3.8, 4) is 0 Å². The molecule has 0 atom stereocenters. The van der Waals surface area contributed by atoms with Gasteiger partial charge in [-0.2, -0.15) is 0 Å². The normalized spacial score (nSPS) is 11.1. The van der Waals surface area contributed by atoms with Crippen LogP contribution in [-0.2, 0) is 17.7 Å². The molecule has 0 spiro atoms. The Morgan fingerprint density at radius 3 is 2.86 bits per heavy atom. The maximum Gasteiger partial charge on any atom is 0.252 e. The number of aryl methyl sites for hydroxylation is 1. The molecule has 0 fully saturated rings. The molecule has 0 unspecified atom stereocenters. The van der Waals surface area contributed by atoms with Crippen molar-refractivity contribution in [1.82, 2.24) is 10.3 Å². The Morgan fingerprint density at radius 1 is 1.24 bits per heavy atom. The molecular formula is C17H24N2O2. The summed E-state index contributed by atoms with van der Waals surface area (Å²) in [6.07, 6.45) is 1.88. The van der Waals surface area contributed by atoms with Crippen molar-refractivity contribution in [3.05, 3.63) is 45.7 Å². The molecule has 0 saturated heterocycles. The lowest BCUT2D eigenvalue weighted by Gasteiger charge is -2.08. The average Bonchev–Trinajstić information content (AvgIpc) is 2.50. The zero-order chi connectivity index (χ0) is 15.1. The van der Waals surface area contributed by atoms with E-state index in [-0.39, 0.29) is 5.56 Å². The van der Waals surface area contributed by atoms with Crippen LogP contribution in [0.15, 0.2) is 29.1 Å². The molecule has 21 heavy (non-hydrogen) atoms. The molecule has 0 radical (unpaired) electrons. The zero-order valence-electron chi connectivity index (χ0n) is 12.9. The van der Waals surface area contributed by atoms with E-state index < -0.39 is 0 Å². The second-order valence-corrected chi connectivity index (χ2v) is 5.09. The van der Waals surface area contributed by atoms with Crippen LogP contribution in [0.4, 0.5) is 0 Å². The summed E-state index contributed by atoms with van der Waals surface area (Å²) in [6, 6.07) is 8.13. The molecule has 0 saturated carbocycles. The van der Waals surface area contributed by atoms with Crippen LogP contribution in [0.1, 0.15) is 31.4 Å². The molecule has 2 N–H and O–H groups in total. The predicted molar refractivity (Wildman–Crippen MR) is 86.8 cm³/mol. The number of pyridine rings is 1. The number of aromatic amines is 1. The van der Waals surface area contributed by atoms with Crippen molar-refractivity contribution in [1.29, 1.82) is 0 Å². The average molecular weight is 288 g/mol. The summed E-state index contributed by atoms with van der Waals surface area (Å²) in [4.78, 5) is 15.2. The molecular weight excluding hydrogens is 264 g/mol. The van der Waals surface area contributed by atoms with E-state index in [9.17, 15) is 4.79 Å². The highest BCUT2D eigenvalue weighted by molar-refractivity contribution is 5.82. The maximum absolute atomic E-state index is 12.1. The number of aromatic nitrogens is 1. The van der Waals surface area contributed by atoms with E-state index in [0.29, 0.717) is 6.54 Å². The van der Waals surface area contributed by atoms with Gasteiger partial charge in [-0.3, -0.25) is 4.79 Å². The zero-order valence-corrected chi connectivity index (χ0v) is 12.9. The summed E-state index contributed by atoms with van der Waals surface area (Å²) in [6.45, 7) is 7.05. The van der Waals surface area contributed by atoms with Crippen LogP contribution in [0, 0.1) is 0 Å². The van der Waals surface area contributed by atoms with E-state index in [1.165, 1.54) is 5.56 Å². The van der Waals surface area contributed by atoms with E-state index in [2.05, 4.69) is 23.3 Å². The number of H-pyrrole nitrogens is 1. The van der Waals surface area contributed by atoms with Crippen molar-refractivity contribution >= 4 is 10.9 Å². The first-order chi connectivity index (χ1) is 10.3. The van der Waals surface area contributed by atoms with Crippen molar-refractivity contribution in [3.63, 3.8) is 0 Å². The van der Waals surface area contributed by atoms with Gasteiger partial charge >= 0.3 is 0 Å². The lowest BCUT2D eigenvalue weighted by molar-refractivity contribution is 0.144. The fourth-order valence-corrected chi connectivity index (χ4v) is 2.43. The van der Waals surface area contributed by atoms with Crippen LogP contribution in [-0.4, -0.2) is 24.7 Å². The highest BCUT2D eigenvalue weighted by Crippen LogP contribution is 2.16. The first-order valence-corrected chi connectivity index (χ1v) is 7.68. The highest BCUT2D eigenvalue weighted by Gasteiger charge is 2.05. The second-order valence-electron chi connectivity index (χ2n) is 5.09. The van der Waals surface area contributed by atoms with Gasteiger partial charge in [-0.15, -0.1) is 0 Å². The summed E-state index contributed by atoms with van der Waals surface area (Å²) in [5, 5.41) is 4.39. The molecule has 4 heteroatoms. The lowest BCUT2D eigenvalue weighted by Crippen LogP contribution is -2.22. The lowest BCUT2D eigenvalue weighted by atomic mass is 10.1. The smallest absolute Gasteiger partial charge is 0.252 e. The molecule has 0 bridgehead atoms. The van der Waals surface area contributed by atoms with Gasteiger partial charge in [0.2, 0.25) is 0 Å². The molecule has 114 valence electrons. The van der Waals surface area contributed by atoms with Crippen LogP contribution < -0.4 is 10.9 Å². The van der Waals surface area contributed by atoms with Crippen molar-refractivity contribution < 1.29 is 4.74 Å². The fraction of sp³-hybridized carbons (Fsp3) is 0.471. The van der Waals surface area contributed by atoms with E-state index >= 15 is 0 Å². The first-order valence-electron chi connectivity index (χ1n) is 7.68. The molecule has 1 aromatic heterocycles. The van der Waals surface area contributed by atoms with E-state index in [0.717, 1.165) is 49.1 Å². The molecule has 1 heterocycles. The Labute approximate surface area is 125 Å². The largest absolute Gasteiger partial charge is 0.382 e. The molecule has 0 aliphatic carbocycles. The number of nitrogens with one attached hydrogen (secondary N) is 2. The van der Waals surface area contributed by atoms with Gasteiger partial charge in [0, 0.05) is 25.3 Å². The Morgan fingerprint density at radius 2 is 2.10 bits per heavy atom. The van der Waals surface area contributed by atoms with Gasteiger partial charge in [0.1, 0.15) is 0 Å². The third-order valence-corrected chi connectivity index (χ3v) is 3.59. The molecule has 0 aliphatic heterocycles. The molecule has 2 aromatic rings. The van der Waals surface area contributed by atoms with Crippen LogP contribution in [0.25, 0.3) is 10.9 Å². The molecule has 0 amide bonds. The summed E-state index contributed by atoms with van der Waals surface area (Å²) in [7, 11) is 0. The number of para-hydroxylation sites is 1. The summed E-state index contributed by atoms with van der Waals surface area (Å²) >= 11 is 0. The number of hydrogen-bond acceptors (Lipinski definition) is 3. The molecule has 1 aromatic carbocycles. The van der Waals surface area contributed by atoms with Crippen molar-refractivity contribution in [2.75, 3.05) is 19.8 Å². The van der Waals surface area contributed by atoms with Crippen LogP contribution in [0.3, 0.4) is 0 Å². The van der Waals surface area contributed by atoms with Crippen LogP contribution in [0.2, 0.25) is 0 Å². The Kier molecular flexibility index (Phi) is 5.96. The minimum Gasteiger partial charge on any atom is -0.382 e. The van der Waals surface area contributed by atoms with Gasteiger partial charge in [0.15, 0.2) is 0 Å². The molecule has 0 aliphatic rings. The topological polar surface area (TPSA) is 54.1 Å². The molecule has 4 nitrogen and oxygen atoms in total. The SMILES string of the molecule is CCOCCCNCc1cc2cccc(CC)c2[nH]c1=O. The van der Waals surface area contributed by atoms with E-state index in [1.807, 2.05) is 25.1 Å². The van der Waals surface area contributed by atoms with Crippen molar-refractivity contribution in [2.45, 2.75) is 33.2 Å². The van der Waals surface area contributed by atoms with Gasteiger partial charge in [-0.1, -0.05) is 25.1 Å². The minimum absolute atomic E-state index is 0.000656. The van der Waals surface area contributed by atoms with Gasteiger partial charge in [-0.05, 0) is 43.3 Å². The van der Waals surface area contributed by atoms with E-state index in [1.54, 1.807) is 0 Å². The standard InChI is InChI=1S/C17H24N2O2/c1-3-13-7-5-8-14-11-15(17(20)19-16(13)14)12-18-9-6-10-21-4-2/h5,7-8,11,18H,3-4,6,9-10,12H2,1-2H3,(H,19,20). The summed E-state index contributed by atoms with van der Waals surface area (Å²) in [5.41, 5.74) is 2.93. The Bertz CT molecular complexity index is 634. The Balaban J connectivity index is 2.04. The number of fused-ring (bicyclic) bond motifs is 1. The number of ether oxygens (including phenoxy) is 1. The summed E-state index contributed by atoms with van der Waals surface area (Å²) < 4.78 is 5.28. The maximum atomic E-state index is 12.1. The summed E-state index contributed by atoms with van der Waals surface area (Å²) in [5.74, 6) is 0. The predicted octanol–water partition coefficient (Wildman–Crippen LogP) is 2.61. The third kappa shape index (κ3) is 4.16. The highest BCUT2D eigenvalue weighted by atomic mass is 16.5. The number of rotatable bonds is 8. The van der Waals surface area contributed by atoms with Crippen LogP contribution in [0.5, 0.6) is 0 Å². The minimum atomic E-state index is 0.000656. The van der Waals surface area contributed by atoms with Gasteiger partial charge in [0.25, 0.3) is 5.56 Å². The van der Waals surface area contributed by atoms with Gasteiger partial charge < -0.3 is 15.0 Å². The second kappa shape index (κ2) is 7.96. The van der Waals surface area contributed by atoms with E-state index in [4.69, 9.17) is 4.74 Å². The first kappa shape index (κ1) is 15.7. The van der Waals surface area contributed by atoms with Crippen molar-refractivity contribution in [2.24, 2.45) is 0 Å². The van der Waals surface area contributed by atoms with Crippen LogP contribution >= 0.6 is 0 Å². The third-order valence-electron chi connectivity index (χ3n) is 3.59. The Hall–Kier alpha value is -1.65. The van der Waals surface area contributed by atoms with Gasteiger partial charge in [-0.25, -0.2) is 0 Å². The fourth-order valence-electron chi connectivity index (χ4n) is 2.43.